The molecule has 0 saturated heterocycles. The third kappa shape index (κ3) is 4.58. The third-order valence-electron chi connectivity index (χ3n) is 6.63. The van der Waals surface area contributed by atoms with E-state index < -0.39 is 29.9 Å². The number of fused-ring (bicyclic) bond motifs is 2. The fraction of sp³-hybridized carbons (Fsp3) is 0.241. The number of carbonyl (C=O) groups excluding carboxylic acids is 4. The molecule has 2 aliphatic heterocycles. The minimum absolute atomic E-state index is 0.229. The van der Waals surface area contributed by atoms with E-state index >= 15 is 0 Å². The van der Waals surface area contributed by atoms with Crippen molar-refractivity contribution in [2.24, 2.45) is 0 Å². The zero-order chi connectivity index (χ0) is 27.0. The molecule has 0 saturated carbocycles. The van der Waals surface area contributed by atoms with Crippen molar-refractivity contribution in [3.8, 4) is 11.5 Å². The number of nitrogens with one attached hydrogen (secondary N) is 1. The summed E-state index contributed by atoms with van der Waals surface area (Å²) < 4.78 is 11.6. The maximum absolute atomic E-state index is 13.1. The smallest absolute Gasteiger partial charge is 0.267 e. The minimum Gasteiger partial charge on any atom is -0.492 e. The molecule has 194 valence electrons. The van der Waals surface area contributed by atoms with Gasteiger partial charge in [0.25, 0.3) is 17.7 Å². The van der Waals surface area contributed by atoms with Crippen LogP contribution in [0.1, 0.15) is 40.1 Å². The van der Waals surface area contributed by atoms with Gasteiger partial charge in [-0.25, -0.2) is 0 Å². The number of benzene rings is 3. The van der Waals surface area contributed by atoms with Crippen molar-refractivity contribution in [2.45, 2.75) is 32.9 Å². The molecule has 38 heavy (non-hydrogen) atoms. The van der Waals surface area contributed by atoms with Gasteiger partial charge in [0.15, 0.2) is 6.10 Å². The van der Waals surface area contributed by atoms with Crippen LogP contribution in [0, 0.1) is 6.92 Å². The van der Waals surface area contributed by atoms with E-state index in [2.05, 4.69) is 5.32 Å². The fourth-order valence-corrected chi connectivity index (χ4v) is 4.53. The molecule has 9 heteroatoms. The Morgan fingerprint density at radius 2 is 1.66 bits per heavy atom. The number of aryl methyl sites for hydroxylation is 1. The SMILES string of the molecule is Cc1ccc(OCCN2C(=O)C(C)Oc3ccc(NC(=O)C(C)N4C(=O)c5ccccc5C4=O)cc32)cc1. The Morgan fingerprint density at radius 1 is 1.00 bits per heavy atom. The Balaban J connectivity index is 1.30. The van der Waals surface area contributed by atoms with Gasteiger partial charge >= 0.3 is 0 Å². The van der Waals surface area contributed by atoms with E-state index in [1.54, 1.807) is 54.3 Å². The van der Waals surface area contributed by atoms with Crippen LogP contribution in [0.2, 0.25) is 0 Å². The van der Waals surface area contributed by atoms with Crippen LogP contribution in [0.3, 0.4) is 0 Å². The molecule has 0 bridgehead atoms. The quantitative estimate of drug-likeness (QED) is 0.482. The molecule has 2 atom stereocenters. The van der Waals surface area contributed by atoms with E-state index in [4.69, 9.17) is 9.47 Å². The molecule has 4 amide bonds. The Hall–Kier alpha value is -4.66. The lowest BCUT2D eigenvalue weighted by atomic mass is 10.1. The van der Waals surface area contributed by atoms with Crippen LogP contribution in [-0.4, -0.2) is 53.8 Å². The molecule has 2 aliphatic rings. The molecule has 9 nitrogen and oxygen atoms in total. The molecule has 5 rings (SSSR count). The first kappa shape index (κ1) is 25.0. The number of hydrogen-bond donors (Lipinski definition) is 1. The molecule has 0 aromatic heterocycles. The monoisotopic (exact) mass is 513 g/mol. The molecule has 0 radical (unpaired) electrons. The third-order valence-corrected chi connectivity index (χ3v) is 6.63. The lowest BCUT2D eigenvalue weighted by molar-refractivity contribution is -0.125. The van der Waals surface area contributed by atoms with Gasteiger partial charge in [-0.3, -0.25) is 24.1 Å². The molecule has 0 aliphatic carbocycles. The van der Waals surface area contributed by atoms with Gasteiger partial charge in [0.2, 0.25) is 5.91 Å². The second kappa shape index (κ2) is 10.0. The molecule has 2 unspecified atom stereocenters. The highest BCUT2D eigenvalue weighted by atomic mass is 16.5. The van der Waals surface area contributed by atoms with E-state index in [0.717, 1.165) is 10.5 Å². The van der Waals surface area contributed by atoms with Crippen molar-refractivity contribution >= 4 is 35.0 Å². The average molecular weight is 514 g/mol. The minimum atomic E-state index is -1.05. The lowest BCUT2D eigenvalue weighted by Gasteiger charge is -2.33. The van der Waals surface area contributed by atoms with Crippen LogP contribution >= 0.6 is 0 Å². The van der Waals surface area contributed by atoms with Gasteiger partial charge < -0.3 is 19.7 Å². The van der Waals surface area contributed by atoms with Gasteiger partial charge in [-0.15, -0.1) is 0 Å². The highest BCUT2D eigenvalue weighted by molar-refractivity contribution is 6.23. The van der Waals surface area contributed by atoms with Crippen LogP contribution in [0.5, 0.6) is 11.5 Å². The van der Waals surface area contributed by atoms with Gasteiger partial charge in [-0.2, -0.15) is 0 Å². The molecule has 0 fully saturated rings. The van der Waals surface area contributed by atoms with Gasteiger partial charge in [-0.1, -0.05) is 29.8 Å². The summed E-state index contributed by atoms with van der Waals surface area (Å²) in [7, 11) is 0. The standard InChI is InChI=1S/C29H27N3O6/c1-17-8-11-21(12-9-17)37-15-14-31-24-16-20(10-13-25(24)38-19(3)27(31)34)30-26(33)18(2)32-28(35)22-6-4-5-7-23(22)29(32)36/h4-13,16,18-19H,14-15H2,1-3H3,(H,30,33). The van der Waals surface area contributed by atoms with Crippen molar-refractivity contribution in [3.63, 3.8) is 0 Å². The summed E-state index contributed by atoms with van der Waals surface area (Å²) in [5.74, 6) is -0.581. The molecule has 3 aromatic carbocycles. The summed E-state index contributed by atoms with van der Waals surface area (Å²) >= 11 is 0. The van der Waals surface area contributed by atoms with Crippen molar-refractivity contribution in [1.29, 1.82) is 0 Å². The number of carbonyl (C=O) groups is 4. The summed E-state index contributed by atoms with van der Waals surface area (Å²) in [5, 5.41) is 2.76. The van der Waals surface area contributed by atoms with Gasteiger partial charge in [0, 0.05) is 5.69 Å². The Bertz CT molecular complexity index is 1400. The zero-order valence-electron chi connectivity index (χ0n) is 21.3. The Morgan fingerprint density at radius 3 is 2.32 bits per heavy atom. The second-order valence-corrected chi connectivity index (χ2v) is 9.29. The molecular weight excluding hydrogens is 486 g/mol. The number of nitrogens with zero attached hydrogens (tertiary/aromatic N) is 2. The summed E-state index contributed by atoms with van der Waals surface area (Å²) in [6.07, 6.45) is -0.670. The van der Waals surface area contributed by atoms with Crippen LogP contribution in [0.15, 0.2) is 66.7 Å². The Labute approximate surface area is 219 Å². The Kier molecular flexibility index (Phi) is 6.59. The number of hydrogen-bond acceptors (Lipinski definition) is 6. The summed E-state index contributed by atoms with van der Waals surface area (Å²) in [6.45, 7) is 5.70. The van der Waals surface area contributed by atoms with Crippen molar-refractivity contribution < 1.29 is 28.7 Å². The van der Waals surface area contributed by atoms with E-state index in [0.29, 0.717) is 22.9 Å². The van der Waals surface area contributed by atoms with Crippen LogP contribution in [0.25, 0.3) is 0 Å². The van der Waals surface area contributed by atoms with E-state index in [9.17, 15) is 19.2 Å². The van der Waals surface area contributed by atoms with E-state index in [1.807, 2.05) is 31.2 Å². The maximum atomic E-state index is 13.1. The van der Waals surface area contributed by atoms with Crippen molar-refractivity contribution in [1.82, 2.24) is 4.90 Å². The van der Waals surface area contributed by atoms with Crippen molar-refractivity contribution in [3.05, 3.63) is 83.4 Å². The molecule has 2 heterocycles. The summed E-state index contributed by atoms with van der Waals surface area (Å²) in [6, 6.07) is 18.0. The number of anilines is 2. The van der Waals surface area contributed by atoms with E-state index in [-0.39, 0.29) is 30.2 Å². The molecule has 1 N–H and O–H groups in total. The first-order valence-electron chi connectivity index (χ1n) is 12.3. The second-order valence-electron chi connectivity index (χ2n) is 9.29. The van der Waals surface area contributed by atoms with Gasteiger partial charge in [0.1, 0.15) is 24.1 Å². The normalized spacial score (nSPS) is 17.0. The van der Waals surface area contributed by atoms with Crippen LogP contribution in [-0.2, 0) is 9.59 Å². The average Bonchev–Trinajstić information content (AvgIpc) is 3.17. The summed E-state index contributed by atoms with van der Waals surface area (Å²) in [4.78, 5) is 54.1. The van der Waals surface area contributed by atoms with Gasteiger partial charge in [-0.05, 0) is 63.2 Å². The molecule has 0 spiro atoms. The topological polar surface area (TPSA) is 105 Å². The lowest BCUT2D eigenvalue weighted by Crippen LogP contribution is -2.46. The van der Waals surface area contributed by atoms with Crippen LogP contribution < -0.4 is 19.7 Å². The largest absolute Gasteiger partial charge is 0.492 e. The van der Waals surface area contributed by atoms with Crippen LogP contribution in [0.4, 0.5) is 11.4 Å². The molecule has 3 aromatic rings. The number of imide groups is 1. The first-order chi connectivity index (χ1) is 18.2. The van der Waals surface area contributed by atoms with E-state index in [1.165, 1.54) is 6.92 Å². The highest BCUT2D eigenvalue weighted by Gasteiger charge is 2.40. The predicted molar refractivity (Wildman–Crippen MR) is 141 cm³/mol. The number of rotatable bonds is 7. The zero-order valence-corrected chi connectivity index (χ0v) is 21.3. The highest BCUT2D eigenvalue weighted by Crippen LogP contribution is 2.36. The maximum Gasteiger partial charge on any atom is 0.267 e. The fourth-order valence-electron chi connectivity index (χ4n) is 4.53. The predicted octanol–water partition coefficient (Wildman–Crippen LogP) is 3.81. The van der Waals surface area contributed by atoms with Gasteiger partial charge in [0.05, 0.1) is 23.4 Å². The van der Waals surface area contributed by atoms with Crippen molar-refractivity contribution in [2.75, 3.05) is 23.4 Å². The molecular formula is C29H27N3O6. The summed E-state index contributed by atoms with van der Waals surface area (Å²) in [5.41, 5.74) is 2.56. The number of amides is 4. The number of ether oxygens (including phenoxy) is 2. The first-order valence-corrected chi connectivity index (χ1v) is 12.3.